The first-order valence-electron chi connectivity index (χ1n) is 10.00. The summed E-state index contributed by atoms with van der Waals surface area (Å²) in [5, 5.41) is 12.8. The minimum absolute atomic E-state index is 0. The molecule has 0 radical (unpaired) electrons. The van der Waals surface area contributed by atoms with Gasteiger partial charge in [-0.15, -0.1) is 12.4 Å². The third-order valence-electron chi connectivity index (χ3n) is 5.57. The number of piperidine rings is 1. The summed E-state index contributed by atoms with van der Waals surface area (Å²) < 4.78 is 7.37. The molecular weight excluding hydrogens is 439 g/mol. The van der Waals surface area contributed by atoms with E-state index in [9.17, 15) is 4.79 Å². The zero-order chi connectivity index (χ0) is 20.7. The molecule has 8 nitrogen and oxygen atoms in total. The van der Waals surface area contributed by atoms with Crippen LogP contribution in [-0.4, -0.2) is 37.8 Å². The van der Waals surface area contributed by atoms with E-state index in [1.165, 1.54) is 0 Å². The molecular formula is C21H22Cl2N6O2. The van der Waals surface area contributed by atoms with E-state index in [-0.39, 0.29) is 23.9 Å². The van der Waals surface area contributed by atoms with Gasteiger partial charge in [0.05, 0.1) is 11.4 Å². The Hall–Kier alpha value is -2.68. The van der Waals surface area contributed by atoms with Gasteiger partial charge in [0.15, 0.2) is 5.82 Å². The Morgan fingerprint density at radius 2 is 2.03 bits per heavy atom. The molecule has 2 N–H and O–H groups in total. The summed E-state index contributed by atoms with van der Waals surface area (Å²) in [5.74, 6) is 1.14. The molecule has 0 saturated carbocycles. The fraction of sp³-hybridized carbons (Fsp3) is 0.333. The van der Waals surface area contributed by atoms with E-state index in [0.717, 1.165) is 42.9 Å². The summed E-state index contributed by atoms with van der Waals surface area (Å²) in [6, 6.07) is 9.22. The van der Waals surface area contributed by atoms with Crippen LogP contribution in [-0.2, 0) is 6.42 Å². The van der Waals surface area contributed by atoms with Gasteiger partial charge in [0, 0.05) is 23.4 Å². The molecule has 5 rings (SSSR count). The van der Waals surface area contributed by atoms with E-state index in [2.05, 4.69) is 20.4 Å². The molecule has 0 aliphatic carbocycles. The number of fused-ring (bicyclic) bond motifs is 1. The van der Waals surface area contributed by atoms with Crippen LogP contribution in [0.3, 0.4) is 0 Å². The minimum atomic E-state index is -0.159. The number of aromatic nitrogens is 5. The molecule has 162 valence electrons. The Bertz CT molecular complexity index is 1270. The number of benzene rings is 1. The van der Waals surface area contributed by atoms with Gasteiger partial charge in [-0.1, -0.05) is 35.0 Å². The molecule has 0 spiro atoms. The Labute approximate surface area is 189 Å². The normalized spacial score (nSPS) is 14.6. The van der Waals surface area contributed by atoms with Crippen LogP contribution in [0.25, 0.3) is 17.1 Å². The Morgan fingerprint density at radius 1 is 1.26 bits per heavy atom. The predicted molar refractivity (Wildman–Crippen MR) is 120 cm³/mol. The monoisotopic (exact) mass is 460 g/mol. The number of halogens is 2. The van der Waals surface area contributed by atoms with Crippen molar-refractivity contribution in [3.05, 3.63) is 68.5 Å². The Balaban J connectivity index is 0.00000231. The van der Waals surface area contributed by atoms with E-state index in [1.807, 2.05) is 35.7 Å². The molecule has 0 atom stereocenters. The van der Waals surface area contributed by atoms with Crippen molar-refractivity contribution in [1.82, 2.24) is 30.1 Å². The molecule has 1 saturated heterocycles. The zero-order valence-electron chi connectivity index (χ0n) is 16.9. The largest absolute Gasteiger partial charge is 0.334 e. The van der Waals surface area contributed by atoms with Crippen LogP contribution < -0.4 is 10.9 Å². The topological polar surface area (TPSA) is 101 Å². The highest BCUT2D eigenvalue weighted by Crippen LogP contribution is 2.30. The molecule has 0 amide bonds. The molecule has 0 bridgehead atoms. The standard InChI is InChI=1S/C21H21ClN6O2.ClH/c1-12-19(21-24-17(27-30-21)10-14-4-2-3-5-15(14)22)20-25-18(29)11-16(28(20)26-12)13-6-8-23-9-7-13;/h2-5,11,13,23H,6-10H2,1H3,(H,25,29);1H. The lowest BCUT2D eigenvalue weighted by Crippen LogP contribution is -2.28. The maximum atomic E-state index is 12.4. The second-order valence-corrected chi connectivity index (χ2v) is 7.99. The summed E-state index contributed by atoms with van der Waals surface area (Å²) in [5.41, 5.74) is 3.64. The maximum Gasteiger partial charge on any atom is 0.263 e. The quantitative estimate of drug-likeness (QED) is 0.483. The lowest BCUT2D eigenvalue weighted by molar-refractivity contribution is 0.424. The number of hydrogen-bond donors (Lipinski definition) is 2. The van der Waals surface area contributed by atoms with Gasteiger partial charge in [0.2, 0.25) is 0 Å². The minimum Gasteiger partial charge on any atom is -0.334 e. The second-order valence-electron chi connectivity index (χ2n) is 7.59. The fourth-order valence-electron chi connectivity index (χ4n) is 4.08. The number of aromatic amines is 1. The average Bonchev–Trinajstić information content (AvgIpc) is 3.33. The molecule has 31 heavy (non-hydrogen) atoms. The zero-order valence-corrected chi connectivity index (χ0v) is 18.5. The van der Waals surface area contributed by atoms with Crippen LogP contribution in [0.5, 0.6) is 0 Å². The summed E-state index contributed by atoms with van der Waals surface area (Å²) in [6.45, 7) is 3.74. The van der Waals surface area contributed by atoms with Crippen LogP contribution in [0, 0.1) is 6.92 Å². The third-order valence-corrected chi connectivity index (χ3v) is 5.94. The number of aryl methyl sites for hydroxylation is 1. The molecule has 10 heteroatoms. The Kier molecular flexibility index (Phi) is 6.13. The molecule has 1 aliphatic heterocycles. The van der Waals surface area contributed by atoms with Gasteiger partial charge in [-0.3, -0.25) is 4.79 Å². The SMILES string of the molecule is Cc1nn2c(C3CCNCC3)cc(=O)[nH]c2c1-c1nc(Cc2ccccc2Cl)no1.Cl. The van der Waals surface area contributed by atoms with Crippen LogP contribution in [0.4, 0.5) is 0 Å². The van der Waals surface area contributed by atoms with Gasteiger partial charge >= 0.3 is 0 Å². The van der Waals surface area contributed by atoms with Crippen molar-refractivity contribution in [2.75, 3.05) is 13.1 Å². The summed E-state index contributed by atoms with van der Waals surface area (Å²) in [7, 11) is 0. The lowest BCUT2D eigenvalue weighted by atomic mass is 9.94. The van der Waals surface area contributed by atoms with Gasteiger partial charge in [-0.2, -0.15) is 10.1 Å². The predicted octanol–water partition coefficient (Wildman–Crippen LogP) is 3.51. The van der Waals surface area contributed by atoms with Crippen LogP contribution in [0.15, 0.2) is 39.6 Å². The molecule has 1 aromatic carbocycles. The van der Waals surface area contributed by atoms with E-state index < -0.39 is 0 Å². The summed E-state index contributed by atoms with van der Waals surface area (Å²) in [6.07, 6.45) is 2.39. The Morgan fingerprint density at radius 3 is 2.81 bits per heavy atom. The fourth-order valence-corrected chi connectivity index (χ4v) is 4.28. The van der Waals surface area contributed by atoms with Crippen molar-refractivity contribution >= 4 is 29.7 Å². The van der Waals surface area contributed by atoms with Gasteiger partial charge in [-0.05, 0) is 44.5 Å². The average molecular weight is 461 g/mol. The number of H-pyrrole nitrogens is 1. The first-order valence-corrected chi connectivity index (χ1v) is 10.4. The van der Waals surface area contributed by atoms with Crippen molar-refractivity contribution in [2.45, 2.75) is 32.1 Å². The van der Waals surface area contributed by atoms with Gasteiger partial charge in [0.25, 0.3) is 11.4 Å². The number of hydrogen-bond acceptors (Lipinski definition) is 6. The van der Waals surface area contributed by atoms with Crippen LogP contribution in [0.2, 0.25) is 5.02 Å². The van der Waals surface area contributed by atoms with Crippen molar-refractivity contribution in [1.29, 1.82) is 0 Å². The van der Waals surface area contributed by atoms with Crippen molar-refractivity contribution in [3.63, 3.8) is 0 Å². The van der Waals surface area contributed by atoms with Crippen LogP contribution in [0.1, 0.15) is 41.5 Å². The van der Waals surface area contributed by atoms with Crippen molar-refractivity contribution < 1.29 is 4.52 Å². The molecule has 3 aromatic heterocycles. The number of nitrogens with one attached hydrogen (secondary N) is 2. The van der Waals surface area contributed by atoms with Crippen LogP contribution >= 0.6 is 24.0 Å². The highest BCUT2D eigenvalue weighted by atomic mass is 35.5. The summed E-state index contributed by atoms with van der Waals surface area (Å²) in [4.78, 5) is 19.9. The lowest BCUT2D eigenvalue weighted by Gasteiger charge is -2.23. The number of nitrogens with zero attached hydrogens (tertiary/aromatic N) is 4. The van der Waals surface area contributed by atoms with Gasteiger partial charge in [-0.25, -0.2) is 4.52 Å². The molecule has 4 aromatic rings. The molecule has 1 aliphatic rings. The highest BCUT2D eigenvalue weighted by Gasteiger charge is 2.24. The van der Waals surface area contributed by atoms with Crippen molar-refractivity contribution in [3.8, 4) is 11.5 Å². The highest BCUT2D eigenvalue weighted by molar-refractivity contribution is 6.31. The van der Waals surface area contributed by atoms with E-state index in [1.54, 1.807) is 6.07 Å². The molecule has 0 unspecified atom stereocenters. The van der Waals surface area contributed by atoms with E-state index in [4.69, 9.17) is 21.2 Å². The van der Waals surface area contributed by atoms with E-state index >= 15 is 0 Å². The first-order chi connectivity index (χ1) is 14.6. The van der Waals surface area contributed by atoms with Gasteiger partial charge < -0.3 is 14.8 Å². The maximum absolute atomic E-state index is 12.4. The summed E-state index contributed by atoms with van der Waals surface area (Å²) >= 11 is 6.25. The molecule has 1 fully saturated rings. The van der Waals surface area contributed by atoms with Gasteiger partial charge in [0.1, 0.15) is 11.2 Å². The smallest absolute Gasteiger partial charge is 0.263 e. The second kappa shape index (κ2) is 8.82. The first kappa shape index (κ1) is 21.5. The van der Waals surface area contributed by atoms with Crippen molar-refractivity contribution in [2.24, 2.45) is 0 Å². The van der Waals surface area contributed by atoms with E-state index in [0.29, 0.717) is 34.4 Å². The third kappa shape index (κ3) is 4.11. The molecule has 4 heterocycles. The number of rotatable bonds is 4.